The Morgan fingerprint density at radius 1 is 1.00 bits per heavy atom. The fourth-order valence-electron chi connectivity index (χ4n) is 3.77. The molecular formula is C21H24N4O3. The third kappa shape index (κ3) is 3.66. The number of carbonyl (C=O) groups is 2. The molecule has 2 heterocycles. The molecule has 1 N–H and O–H groups in total. The minimum Gasteiger partial charge on any atom is -0.495 e. The van der Waals surface area contributed by atoms with Crippen LogP contribution >= 0.6 is 0 Å². The van der Waals surface area contributed by atoms with Crippen LogP contribution in [0.5, 0.6) is 5.75 Å². The normalized spacial score (nSPS) is 17.1. The first-order valence-electron chi connectivity index (χ1n) is 9.45. The smallest absolute Gasteiger partial charge is 0.244 e. The molecule has 7 heteroatoms. The van der Waals surface area contributed by atoms with Crippen LogP contribution in [0, 0.1) is 0 Å². The molecular weight excluding hydrogens is 356 g/mol. The van der Waals surface area contributed by atoms with E-state index in [9.17, 15) is 9.59 Å². The SMILES string of the molecule is COc1ccccc1N1CCN(CC(=O)N2CC(=O)Nc3ccccc32)CC1. The molecule has 0 unspecified atom stereocenters. The van der Waals surface area contributed by atoms with E-state index < -0.39 is 0 Å². The van der Waals surface area contributed by atoms with Crippen molar-refractivity contribution >= 4 is 28.9 Å². The molecule has 0 aliphatic carbocycles. The lowest BCUT2D eigenvalue weighted by Crippen LogP contribution is -2.52. The van der Waals surface area contributed by atoms with E-state index in [2.05, 4.69) is 21.2 Å². The first-order chi connectivity index (χ1) is 13.7. The van der Waals surface area contributed by atoms with Crippen LogP contribution in [0.2, 0.25) is 0 Å². The number of amides is 2. The van der Waals surface area contributed by atoms with Gasteiger partial charge >= 0.3 is 0 Å². The average molecular weight is 380 g/mol. The Morgan fingerprint density at radius 3 is 2.43 bits per heavy atom. The zero-order valence-electron chi connectivity index (χ0n) is 15.9. The van der Waals surface area contributed by atoms with Gasteiger partial charge in [-0.1, -0.05) is 24.3 Å². The number of hydrogen-bond acceptors (Lipinski definition) is 5. The lowest BCUT2D eigenvalue weighted by Gasteiger charge is -2.37. The van der Waals surface area contributed by atoms with E-state index in [-0.39, 0.29) is 18.4 Å². The first kappa shape index (κ1) is 18.3. The molecule has 0 saturated carbocycles. The van der Waals surface area contributed by atoms with Crippen molar-refractivity contribution in [2.75, 3.05) is 61.5 Å². The zero-order chi connectivity index (χ0) is 19.5. The van der Waals surface area contributed by atoms with E-state index in [1.807, 2.05) is 42.5 Å². The van der Waals surface area contributed by atoms with Crippen molar-refractivity contribution in [3.63, 3.8) is 0 Å². The summed E-state index contributed by atoms with van der Waals surface area (Å²) in [6, 6.07) is 15.4. The number of piperazine rings is 1. The maximum absolute atomic E-state index is 12.9. The molecule has 1 fully saturated rings. The summed E-state index contributed by atoms with van der Waals surface area (Å²) in [6.07, 6.45) is 0. The molecule has 2 aromatic carbocycles. The van der Waals surface area contributed by atoms with Gasteiger partial charge in [-0.2, -0.15) is 0 Å². The molecule has 0 spiro atoms. The van der Waals surface area contributed by atoms with Crippen molar-refractivity contribution < 1.29 is 14.3 Å². The van der Waals surface area contributed by atoms with Gasteiger partial charge in [-0.25, -0.2) is 0 Å². The van der Waals surface area contributed by atoms with Gasteiger partial charge in [0.15, 0.2) is 0 Å². The van der Waals surface area contributed by atoms with E-state index in [1.165, 1.54) is 0 Å². The van der Waals surface area contributed by atoms with Crippen molar-refractivity contribution in [1.29, 1.82) is 0 Å². The van der Waals surface area contributed by atoms with Gasteiger partial charge in [-0.15, -0.1) is 0 Å². The molecule has 1 saturated heterocycles. The third-order valence-corrected chi connectivity index (χ3v) is 5.23. The van der Waals surface area contributed by atoms with Crippen LogP contribution in [0.4, 0.5) is 17.1 Å². The number of benzene rings is 2. The van der Waals surface area contributed by atoms with Crippen LogP contribution < -0.4 is 19.9 Å². The molecule has 2 aliphatic heterocycles. The highest BCUT2D eigenvalue weighted by Crippen LogP contribution is 2.30. The van der Waals surface area contributed by atoms with Crippen molar-refractivity contribution in [3.8, 4) is 5.75 Å². The minimum atomic E-state index is -0.159. The van der Waals surface area contributed by atoms with Crippen LogP contribution in [0.1, 0.15) is 0 Å². The quantitative estimate of drug-likeness (QED) is 0.876. The number of fused-ring (bicyclic) bond motifs is 1. The first-order valence-corrected chi connectivity index (χ1v) is 9.45. The Balaban J connectivity index is 1.39. The van der Waals surface area contributed by atoms with Gasteiger partial charge in [-0.3, -0.25) is 19.4 Å². The van der Waals surface area contributed by atoms with E-state index in [0.717, 1.165) is 43.3 Å². The highest BCUT2D eigenvalue weighted by Gasteiger charge is 2.29. The van der Waals surface area contributed by atoms with E-state index in [4.69, 9.17) is 4.74 Å². The monoisotopic (exact) mass is 380 g/mol. The number of para-hydroxylation sites is 4. The predicted molar refractivity (Wildman–Crippen MR) is 109 cm³/mol. The Bertz CT molecular complexity index is 877. The molecule has 0 bridgehead atoms. The van der Waals surface area contributed by atoms with Crippen molar-refractivity contribution in [1.82, 2.24) is 4.90 Å². The largest absolute Gasteiger partial charge is 0.495 e. The summed E-state index contributed by atoms with van der Waals surface area (Å²) in [5.41, 5.74) is 2.53. The van der Waals surface area contributed by atoms with E-state index >= 15 is 0 Å². The molecule has 146 valence electrons. The van der Waals surface area contributed by atoms with Gasteiger partial charge in [0, 0.05) is 26.2 Å². The fourth-order valence-corrected chi connectivity index (χ4v) is 3.77. The molecule has 7 nitrogen and oxygen atoms in total. The zero-order valence-corrected chi connectivity index (χ0v) is 15.9. The summed E-state index contributed by atoms with van der Waals surface area (Å²) >= 11 is 0. The molecule has 0 atom stereocenters. The van der Waals surface area contributed by atoms with Crippen LogP contribution in [0.15, 0.2) is 48.5 Å². The molecule has 2 amide bonds. The number of nitrogens with zero attached hydrogens (tertiary/aromatic N) is 3. The average Bonchev–Trinajstić information content (AvgIpc) is 2.73. The summed E-state index contributed by atoms with van der Waals surface area (Å²) in [7, 11) is 1.68. The standard InChI is InChI=1S/C21H24N4O3/c1-28-19-9-5-4-8-18(19)24-12-10-23(11-13-24)15-21(27)25-14-20(26)22-16-6-2-3-7-17(16)25/h2-9H,10-15H2,1H3,(H,22,26). The van der Waals surface area contributed by atoms with Gasteiger partial charge in [0.05, 0.1) is 30.7 Å². The molecule has 0 radical (unpaired) electrons. The van der Waals surface area contributed by atoms with E-state index in [1.54, 1.807) is 12.0 Å². The molecule has 2 aromatic rings. The highest BCUT2D eigenvalue weighted by molar-refractivity contribution is 6.10. The second-order valence-corrected chi connectivity index (χ2v) is 6.98. The number of nitrogens with one attached hydrogen (secondary N) is 1. The number of carbonyl (C=O) groups excluding carboxylic acids is 2. The summed E-state index contributed by atoms with van der Waals surface area (Å²) in [5, 5.41) is 2.82. The second kappa shape index (κ2) is 7.90. The lowest BCUT2D eigenvalue weighted by atomic mass is 10.2. The topological polar surface area (TPSA) is 65.1 Å². The Morgan fingerprint density at radius 2 is 1.68 bits per heavy atom. The van der Waals surface area contributed by atoms with Crippen LogP contribution in [-0.2, 0) is 9.59 Å². The summed E-state index contributed by atoms with van der Waals surface area (Å²) < 4.78 is 5.46. The van der Waals surface area contributed by atoms with Crippen molar-refractivity contribution in [2.45, 2.75) is 0 Å². The molecule has 0 aromatic heterocycles. The maximum atomic E-state index is 12.9. The van der Waals surface area contributed by atoms with Crippen LogP contribution in [-0.4, -0.2) is 63.1 Å². The lowest BCUT2D eigenvalue weighted by molar-refractivity contribution is -0.122. The predicted octanol–water partition coefficient (Wildman–Crippen LogP) is 1.80. The van der Waals surface area contributed by atoms with Crippen LogP contribution in [0.25, 0.3) is 0 Å². The van der Waals surface area contributed by atoms with E-state index in [0.29, 0.717) is 12.2 Å². The number of anilines is 3. The molecule has 2 aliphatic rings. The van der Waals surface area contributed by atoms with Gasteiger partial charge < -0.3 is 15.0 Å². The number of rotatable bonds is 4. The fraction of sp³-hybridized carbons (Fsp3) is 0.333. The van der Waals surface area contributed by atoms with Crippen molar-refractivity contribution in [3.05, 3.63) is 48.5 Å². The van der Waals surface area contributed by atoms with Gasteiger partial charge in [0.1, 0.15) is 12.3 Å². The van der Waals surface area contributed by atoms with Crippen molar-refractivity contribution in [2.24, 2.45) is 0 Å². The summed E-state index contributed by atoms with van der Waals surface area (Å²) in [6.45, 7) is 3.59. The number of ether oxygens (including phenoxy) is 1. The van der Waals surface area contributed by atoms with Gasteiger partial charge in [-0.05, 0) is 24.3 Å². The van der Waals surface area contributed by atoms with Gasteiger partial charge in [0.2, 0.25) is 11.8 Å². The Hall–Kier alpha value is -3.06. The van der Waals surface area contributed by atoms with Crippen LogP contribution in [0.3, 0.4) is 0 Å². The summed E-state index contributed by atoms with van der Waals surface area (Å²) in [4.78, 5) is 30.9. The number of methoxy groups -OCH3 is 1. The minimum absolute atomic E-state index is 0.0481. The number of hydrogen-bond donors (Lipinski definition) is 1. The molecule has 4 rings (SSSR count). The maximum Gasteiger partial charge on any atom is 0.244 e. The Labute approximate surface area is 164 Å². The Kier molecular flexibility index (Phi) is 5.16. The highest BCUT2D eigenvalue weighted by atomic mass is 16.5. The molecule has 28 heavy (non-hydrogen) atoms. The second-order valence-electron chi connectivity index (χ2n) is 6.98. The third-order valence-electron chi connectivity index (χ3n) is 5.23. The summed E-state index contributed by atoms with van der Waals surface area (Å²) in [5.74, 6) is 0.657. The van der Waals surface area contributed by atoms with Gasteiger partial charge in [0.25, 0.3) is 0 Å².